The molecular formula is C10H13N5O2. The van der Waals surface area contributed by atoms with Crippen molar-refractivity contribution in [2.24, 2.45) is 5.73 Å². The van der Waals surface area contributed by atoms with Gasteiger partial charge >= 0.3 is 0 Å². The van der Waals surface area contributed by atoms with Crippen LogP contribution < -0.4 is 15.2 Å². The summed E-state index contributed by atoms with van der Waals surface area (Å²) >= 11 is 0. The molecule has 17 heavy (non-hydrogen) atoms. The average Bonchev–Trinajstić information content (AvgIpc) is 2.86. The van der Waals surface area contributed by atoms with E-state index < -0.39 is 0 Å². The minimum absolute atomic E-state index is 0.257. The van der Waals surface area contributed by atoms with Gasteiger partial charge in [-0.25, -0.2) is 0 Å². The Morgan fingerprint density at radius 2 is 2.00 bits per heavy atom. The fourth-order valence-electron chi connectivity index (χ4n) is 1.38. The third kappa shape index (κ3) is 2.18. The van der Waals surface area contributed by atoms with E-state index in [0.717, 1.165) is 5.69 Å². The van der Waals surface area contributed by atoms with E-state index in [9.17, 15) is 0 Å². The summed E-state index contributed by atoms with van der Waals surface area (Å²) < 4.78 is 10.3. The maximum Gasteiger partial charge on any atom is 0.188 e. The van der Waals surface area contributed by atoms with Gasteiger partial charge in [0.2, 0.25) is 0 Å². The van der Waals surface area contributed by atoms with E-state index in [1.807, 2.05) is 6.07 Å². The molecule has 0 unspecified atom stereocenters. The maximum atomic E-state index is 5.42. The summed E-state index contributed by atoms with van der Waals surface area (Å²) in [4.78, 5) is 1.39. The van der Waals surface area contributed by atoms with Crippen molar-refractivity contribution in [3.63, 3.8) is 0 Å². The minimum atomic E-state index is 0.257. The predicted molar refractivity (Wildman–Crippen MR) is 60.1 cm³/mol. The number of ether oxygens (including phenoxy) is 2. The third-order valence-corrected chi connectivity index (χ3v) is 2.24. The smallest absolute Gasteiger partial charge is 0.188 e. The Balaban J connectivity index is 2.38. The van der Waals surface area contributed by atoms with Gasteiger partial charge < -0.3 is 15.2 Å². The highest BCUT2D eigenvalue weighted by atomic mass is 16.5. The van der Waals surface area contributed by atoms with Crippen LogP contribution >= 0.6 is 0 Å². The fourth-order valence-corrected chi connectivity index (χ4v) is 1.38. The van der Waals surface area contributed by atoms with Crippen LogP contribution in [0.3, 0.4) is 0 Å². The van der Waals surface area contributed by atoms with Gasteiger partial charge in [0.25, 0.3) is 0 Å². The monoisotopic (exact) mass is 235 g/mol. The standard InChI is InChI=1S/C10H13N5O2/c1-16-8-4-3-7(5-9(8)17-2)15-13-10(6-11)12-14-15/h3-5H,6,11H2,1-2H3. The lowest BCUT2D eigenvalue weighted by molar-refractivity contribution is 0.354. The molecule has 0 bridgehead atoms. The van der Waals surface area contributed by atoms with Crippen LogP contribution in [0.15, 0.2) is 18.2 Å². The van der Waals surface area contributed by atoms with Crippen molar-refractivity contribution >= 4 is 0 Å². The summed E-state index contributed by atoms with van der Waals surface area (Å²) in [5.41, 5.74) is 6.15. The second-order valence-electron chi connectivity index (χ2n) is 3.24. The highest BCUT2D eigenvalue weighted by molar-refractivity contribution is 5.47. The molecule has 0 saturated carbocycles. The van der Waals surface area contributed by atoms with Gasteiger partial charge in [0.1, 0.15) is 0 Å². The molecule has 0 amide bonds. The number of rotatable bonds is 4. The molecule has 0 spiro atoms. The first-order chi connectivity index (χ1) is 8.28. The molecule has 7 heteroatoms. The SMILES string of the molecule is COc1ccc(-n2nnc(CN)n2)cc1OC. The van der Waals surface area contributed by atoms with Crippen LogP contribution in [0.5, 0.6) is 11.5 Å². The lowest BCUT2D eigenvalue weighted by Crippen LogP contribution is -2.02. The summed E-state index contributed by atoms with van der Waals surface area (Å²) in [5, 5.41) is 11.8. The fraction of sp³-hybridized carbons (Fsp3) is 0.300. The summed E-state index contributed by atoms with van der Waals surface area (Å²) in [6, 6.07) is 5.35. The number of hydrogen-bond donors (Lipinski definition) is 1. The first kappa shape index (κ1) is 11.3. The summed E-state index contributed by atoms with van der Waals surface area (Å²) in [6.45, 7) is 0.257. The van der Waals surface area contributed by atoms with E-state index in [4.69, 9.17) is 15.2 Å². The molecule has 0 fully saturated rings. The van der Waals surface area contributed by atoms with Gasteiger partial charge in [-0.3, -0.25) is 0 Å². The van der Waals surface area contributed by atoms with E-state index in [-0.39, 0.29) is 6.54 Å². The zero-order valence-electron chi connectivity index (χ0n) is 9.62. The van der Waals surface area contributed by atoms with Gasteiger partial charge in [0.05, 0.1) is 26.5 Å². The molecule has 7 nitrogen and oxygen atoms in total. The van der Waals surface area contributed by atoms with Gasteiger partial charge in [-0.05, 0) is 17.3 Å². The first-order valence-corrected chi connectivity index (χ1v) is 5.00. The largest absolute Gasteiger partial charge is 0.493 e. The van der Waals surface area contributed by atoms with Crippen molar-refractivity contribution in [1.82, 2.24) is 20.2 Å². The zero-order chi connectivity index (χ0) is 12.3. The first-order valence-electron chi connectivity index (χ1n) is 5.00. The molecule has 0 aliphatic carbocycles. The van der Waals surface area contributed by atoms with Crippen LogP contribution in [-0.2, 0) is 6.54 Å². The summed E-state index contributed by atoms with van der Waals surface area (Å²) in [5.74, 6) is 1.74. The highest BCUT2D eigenvalue weighted by Gasteiger charge is 2.08. The molecule has 2 N–H and O–H groups in total. The predicted octanol–water partition coefficient (Wildman–Crippen LogP) is 0.138. The van der Waals surface area contributed by atoms with Gasteiger partial charge in [-0.15, -0.1) is 15.0 Å². The topological polar surface area (TPSA) is 88.1 Å². The maximum absolute atomic E-state index is 5.42. The number of methoxy groups -OCH3 is 2. The number of tetrazole rings is 1. The van der Waals surface area contributed by atoms with Crippen molar-refractivity contribution in [2.45, 2.75) is 6.54 Å². The third-order valence-electron chi connectivity index (χ3n) is 2.24. The molecule has 1 aromatic heterocycles. The van der Waals surface area contributed by atoms with Crippen LogP contribution in [0.2, 0.25) is 0 Å². The Morgan fingerprint density at radius 3 is 2.59 bits per heavy atom. The number of aromatic nitrogens is 4. The molecule has 0 saturated heterocycles. The van der Waals surface area contributed by atoms with Gasteiger partial charge in [-0.2, -0.15) is 0 Å². The lowest BCUT2D eigenvalue weighted by atomic mass is 10.3. The van der Waals surface area contributed by atoms with Crippen molar-refractivity contribution in [3.8, 4) is 17.2 Å². The number of benzene rings is 1. The van der Waals surface area contributed by atoms with Crippen molar-refractivity contribution in [2.75, 3.05) is 14.2 Å². The van der Waals surface area contributed by atoms with Gasteiger partial charge in [0.15, 0.2) is 17.3 Å². The minimum Gasteiger partial charge on any atom is -0.493 e. The van der Waals surface area contributed by atoms with Gasteiger partial charge in [-0.1, -0.05) is 0 Å². The van der Waals surface area contributed by atoms with Crippen molar-refractivity contribution < 1.29 is 9.47 Å². The number of nitrogens with two attached hydrogens (primary N) is 1. The molecule has 0 aliphatic rings. The molecule has 0 atom stereocenters. The summed E-state index contributed by atoms with van der Waals surface area (Å²) in [7, 11) is 3.15. The molecule has 0 aliphatic heterocycles. The molecular weight excluding hydrogens is 222 g/mol. The lowest BCUT2D eigenvalue weighted by Gasteiger charge is -2.08. The van der Waals surface area contributed by atoms with Crippen LogP contribution in [0.4, 0.5) is 0 Å². The molecule has 90 valence electrons. The Hall–Kier alpha value is -2.15. The molecule has 0 radical (unpaired) electrons. The van der Waals surface area contributed by atoms with E-state index in [1.165, 1.54) is 4.80 Å². The van der Waals surface area contributed by atoms with Crippen molar-refractivity contribution in [3.05, 3.63) is 24.0 Å². The van der Waals surface area contributed by atoms with E-state index in [1.54, 1.807) is 26.4 Å². The second-order valence-corrected chi connectivity index (χ2v) is 3.24. The van der Waals surface area contributed by atoms with Crippen LogP contribution in [-0.4, -0.2) is 34.4 Å². The Labute approximate surface area is 98.1 Å². The quantitative estimate of drug-likeness (QED) is 0.810. The average molecular weight is 235 g/mol. The zero-order valence-corrected chi connectivity index (χ0v) is 9.62. The normalized spacial score (nSPS) is 10.3. The van der Waals surface area contributed by atoms with Crippen molar-refractivity contribution in [1.29, 1.82) is 0 Å². The molecule has 2 rings (SSSR count). The Kier molecular flexibility index (Phi) is 3.20. The molecule has 1 aromatic carbocycles. The Bertz CT molecular complexity index is 511. The number of nitrogens with zero attached hydrogens (tertiary/aromatic N) is 4. The van der Waals surface area contributed by atoms with E-state index >= 15 is 0 Å². The van der Waals surface area contributed by atoms with Gasteiger partial charge in [0, 0.05) is 6.07 Å². The molecule has 2 aromatic rings. The van der Waals surface area contributed by atoms with Crippen LogP contribution in [0.1, 0.15) is 5.82 Å². The second kappa shape index (κ2) is 4.79. The Morgan fingerprint density at radius 1 is 1.24 bits per heavy atom. The van der Waals surface area contributed by atoms with Crippen LogP contribution in [0, 0.1) is 0 Å². The number of hydrogen-bond acceptors (Lipinski definition) is 6. The van der Waals surface area contributed by atoms with E-state index in [0.29, 0.717) is 17.3 Å². The van der Waals surface area contributed by atoms with Crippen LogP contribution in [0.25, 0.3) is 5.69 Å². The highest BCUT2D eigenvalue weighted by Crippen LogP contribution is 2.28. The van der Waals surface area contributed by atoms with E-state index in [2.05, 4.69) is 15.4 Å². The molecule has 1 heterocycles. The summed E-state index contributed by atoms with van der Waals surface area (Å²) in [6.07, 6.45) is 0.